The van der Waals surface area contributed by atoms with E-state index in [2.05, 4.69) is 54.9 Å². The summed E-state index contributed by atoms with van der Waals surface area (Å²) in [5, 5.41) is 0.834. The maximum atomic E-state index is 6.33. The van der Waals surface area contributed by atoms with Gasteiger partial charge in [0.15, 0.2) is 0 Å². The Hall–Kier alpha value is -0.310. The lowest BCUT2D eigenvalue weighted by Gasteiger charge is -2.13. The van der Waals surface area contributed by atoms with Gasteiger partial charge in [0, 0.05) is 14.8 Å². The maximum absolute atomic E-state index is 6.33. The third-order valence-corrected chi connectivity index (χ3v) is 5.58. The van der Waals surface area contributed by atoms with E-state index in [4.69, 9.17) is 11.6 Å². The molecule has 0 N–H and O–H groups in total. The monoisotopic (exact) mass is 328 g/mol. The van der Waals surface area contributed by atoms with Gasteiger partial charge in [-0.25, -0.2) is 0 Å². The number of benzene rings is 1. The molecule has 1 unspecified atom stereocenters. The summed E-state index contributed by atoms with van der Waals surface area (Å²) in [5.41, 5.74) is 3.67. The van der Waals surface area contributed by atoms with Crippen molar-refractivity contribution in [1.82, 2.24) is 0 Å². The molecule has 17 heavy (non-hydrogen) atoms. The highest BCUT2D eigenvalue weighted by Gasteiger charge is 2.16. The summed E-state index contributed by atoms with van der Waals surface area (Å²) >= 11 is 11.9. The van der Waals surface area contributed by atoms with Crippen molar-refractivity contribution in [1.29, 1.82) is 0 Å². The average molecular weight is 330 g/mol. The largest absolute Gasteiger partial charge is 0.144 e. The van der Waals surface area contributed by atoms with Crippen LogP contribution in [-0.2, 0) is 0 Å². The molecule has 0 spiro atoms. The highest BCUT2D eigenvalue weighted by Crippen LogP contribution is 2.39. The fourth-order valence-corrected chi connectivity index (χ4v) is 3.89. The van der Waals surface area contributed by atoms with Crippen molar-refractivity contribution in [2.45, 2.75) is 25.6 Å². The van der Waals surface area contributed by atoms with Gasteiger partial charge in [-0.05, 0) is 55.7 Å². The Labute approximate surface area is 120 Å². The van der Waals surface area contributed by atoms with E-state index >= 15 is 0 Å². The zero-order valence-corrected chi connectivity index (χ0v) is 13.2. The molecule has 3 heteroatoms. The minimum atomic E-state index is 0.188. The van der Waals surface area contributed by atoms with E-state index in [0.29, 0.717) is 0 Å². The van der Waals surface area contributed by atoms with Gasteiger partial charge < -0.3 is 0 Å². The van der Waals surface area contributed by atoms with Gasteiger partial charge >= 0.3 is 0 Å². The molecule has 0 saturated heterocycles. The summed E-state index contributed by atoms with van der Waals surface area (Å²) in [6.07, 6.45) is 0. The van der Waals surface area contributed by atoms with Crippen molar-refractivity contribution in [3.05, 3.63) is 55.7 Å². The first-order valence-electron chi connectivity index (χ1n) is 5.46. The molecular weight excluding hydrogens is 316 g/mol. The van der Waals surface area contributed by atoms with E-state index in [9.17, 15) is 0 Å². The van der Waals surface area contributed by atoms with Crippen LogP contribution >= 0.6 is 38.9 Å². The Morgan fingerprint density at radius 2 is 1.76 bits per heavy atom. The molecule has 0 aliphatic carbocycles. The van der Waals surface area contributed by atoms with Gasteiger partial charge in [0.05, 0.1) is 4.83 Å². The summed E-state index contributed by atoms with van der Waals surface area (Å²) < 4.78 is 0. The lowest BCUT2D eigenvalue weighted by Crippen LogP contribution is -1.94. The quantitative estimate of drug-likeness (QED) is 0.610. The van der Waals surface area contributed by atoms with Gasteiger partial charge in [0.25, 0.3) is 0 Å². The number of thiophene rings is 1. The molecule has 2 rings (SSSR count). The van der Waals surface area contributed by atoms with Gasteiger partial charge in [-0.1, -0.05) is 33.6 Å². The molecule has 0 aliphatic rings. The van der Waals surface area contributed by atoms with Crippen LogP contribution in [0.3, 0.4) is 0 Å². The van der Waals surface area contributed by atoms with Crippen LogP contribution in [0.15, 0.2) is 24.3 Å². The number of rotatable bonds is 2. The zero-order valence-electron chi connectivity index (χ0n) is 10.1. The van der Waals surface area contributed by atoms with Crippen LogP contribution in [-0.4, -0.2) is 0 Å². The van der Waals surface area contributed by atoms with E-state index in [1.165, 1.54) is 20.9 Å². The molecule has 1 atom stereocenters. The molecule has 90 valence electrons. The normalized spacial score (nSPS) is 12.8. The summed E-state index contributed by atoms with van der Waals surface area (Å²) in [5.74, 6) is 0. The fourth-order valence-electron chi connectivity index (χ4n) is 1.74. The Balaban J connectivity index is 2.43. The first-order valence-corrected chi connectivity index (χ1v) is 7.57. The lowest BCUT2D eigenvalue weighted by atomic mass is 10.0. The van der Waals surface area contributed by atoms with Crippen molar-refractivity contribution in [2.75, 3.05) is 0 Å². The zero-order chi connectivity index (χ0) is 12.6. The fraction of sp³-hybridized carbons (Fsp3) is 0.286. The molecule has 2 aromatic rings. The van der Waals surface area contributed by atoms with Crippen molar-refractivity contribution in [3.63, 3.8) is 0 Å². The minimum absolute atomic E-state index is 0.188. The average Bonchev–Trinajstić information content (AvgIpc) is 2.69. The third-order valence-electron chi connectivity index (χ3n) is 2.90. The molecule has 0 amide bonds. The van der Waals surface area contributed by atoms with Crippen molar-refractivity contribution in [3.8, 4) is 0 Å². The molecule has 0 saturated carbocycles. The van der Waals surface area contributed by atoms with Gasteiger partial charge in [-0.15, -0.1) is 11.3 Å². The molecule has 0 fully saturated rings. The Morgan fingerprint density at radius 3 is 2.35 bits per heavy atom. The van der Waals surface area contributed by atoms with Crippen LogP contribution in [0.25, 0.3) is 0 Å². The van der Waals surface area contributed by atoms with Crippen LogP contribution in [0.5, 0.6) is 0 Å². The van der Waals surface area contributed by atoms with Gasteiger partial charge in [0.2, 0.25) is 0 Å². The smallest absolute Gasteiger partial charge is 0.0752 e. The van der Waals surface area contributed by atoms with E-state index < -0.39 is 0 Å². The highest BCUT2D eigenvalue weighted by atomic mass is 79.9. The number of alkyl halides is 1. The molecule has 0 bridgehead atoms. The Bertz CT molecular complexity index is 545. The lowest BCUT2D eigenvalue weighted by molar-refractivity contribution is 1.19. The molecule has 1 heterocycles. The number of halogens is 2. The predicted octanol–water partition coefficient (Wildman–Crippen LogP) is 5.81. The van der Waals surface area contributed by atoms with Crippen LogP contribution in [0.4, 0.5) is 0 Å². The standard InChI is InChI=1S/C14H14BrClS/c1-8-6-11(12(16)7-9(8)2)14(15)13-5-4-10(3)17-13/h4-7,14H,1-3H3. The number of aryl methyl sites for hydroxylation is 3. The molecule has 0 radical (unpaired) electrons. The predicted molar refractivity (Wildman–Crippen MR) is 80.8 cm³/mol. The van der Waals surface area contributed by atoms with Crippen molar-refractivity contribution >= 4 is 38.9 Å². The van der Waals surface area contributed by atoms with E-state index in [0.717, 1.165) is 10.6 Å². The maximum Gasteiger partial charge on any atom is 0.0752 e. The minimum Gasteiger partial charge on any atom is -0.144 e. The first kappa shape index (κ1) is 13.1. The van der Waals surface area contributed by atoms with Crippen LogP contribution in [0.1, 0.15) is 31.3 Å². The van der Waals surface area contributed by atoms with E-state index in [1.807, 2.05) is 6.07 Å². The third kappa shape index (κ3) is 2.75. The second-order valence-corrected chi connectivity index (χ2v) is 6.91. The van der Waals surface area contributed by atoms with E-state index in [-0.39, 0.29) is 4.83 Å². The second-order valence-electron chi connectivity index (χ2n) is 4.27. The first-order chi connectivity index (χ1) is 7.99. The Kier molecular flexibility index (Phi) is 3.96. The highest BCUT2D eigenvalue weighted by molar-refractivity contribution is 9.09. The second kappa shape index (κ2) is 5.13. The molecular formula is C14H14BrClS. The summed E-state index contributed by atoms with van der Waals surface area (Å²) in [6, 6.07) is 8.52. The topological polar surface area (TPSA) is 0 Å². The van der Waals surface area contributed by atoms with Crippen molar-refractivity contribution < 1.29 is 0 Å². The summed E-state index contributed by atoms with van der Waals surface area (Å²) in [6.45, 7) is 6.33. The van der Waals surface area contributed by atoms with Crippen LogP contribution in [0, 0.1) is 20.8 Å². The summed E-state index contributed by atoms with van der Waals surface area (Å²) in [4.78, 5) is 2.81. The molecule has 1 aromatic carbocycles. The Morgan fingerprint density at radius 1 is 1.12 bits per heavy atom. The van der Waals surface area contributed by atoms with E-state index in [1.54, 1.807) is 11.3 Å². The SMILES string of the molecule is Cc1ccc(C(Br)c2cc(C)c(C)cc2Cl)s1. The van der Waals surface area contributed by atoms with Crippen LogP contribution < -0.4 is 0 Å². The van der Waals surface area contributed by atoms with Crippen LogP contribution in [0.2, 0.25) is 5.02 Å². The van der Waals surface area contributed by atoms with Gasteiger partial charge in [-0.3, -0.25) is 0 Å². The van der Waals surface area contributed by atoms with Crippen molar-refractivity contribution in [2.24, 2.45) is 0 Å². The molecule has 0 aliphatic heterocycles. The number of hydrogen-bond donors (Lipinski definition) is 0. The molecule has 0 nitrogen and oxygen atoms in total. The molecule has 1 aromatic heterocycles. The van der Waals surface area contributed by atoms with Gasteiger partial charge in [-0.2, -0.15) is 0 Å². The van der Waals surface area contributed by atoms with Gasteiger partial charge in [0.1, 0.15) is 0 Å². The number of hydrogen-bond acceptors (Lipinski definition) is 1. The summed E-state index contributed by atoms with van der Waals surface area (Å²) in [7, 11) is 0.